The summed E-state index contributed by atoms with van der Waals surface area (Å²) in [5, 5.41) is 39.5. The lowest BCUT2D eigenvalue weighted by Gasteiger charge is -2.44. The second-order valence-corrected chi connectivity index (χ2v) is 10.0. The SMILES string of the molecule is C=CCC(CC)(CC)C(=O)O[C@H]1C[C@H](O)C=C2C=C[C@H](C)[C@H](CC[C@@H](O)C[C@@H](O)CC(=O)O)[C@H]21. The molecule has 0 aliphatic heterocycles. The van der Waals surface area contributed by atoms with Crippen LogP contribution in [0, 0.1) is 23.2 Å². The van der Waals surface area contributed by atoms with Gasteiger partial charge in [-0.05, 0) is 55.9 Å². The van der Waals surface area contributed by atoms with Gasteiger partial charge >= 0.3 is 11.9 Å². The molecule has 0 bridgehead atoms. The molecule has 0 unspecified atom stereocenters. The molecule has 0 aromatic heterocycles. The summed E-state index contributed by atoms with van der Waals surface area (Å²) in [4.78, 5) is 24.1. The van der Waals surface area contributed by atoms with E-state index in [2.05, 4.69) is 19.6 Å². The van der Waals surface area contributed by atoms with Gasteiger partial charge < -0.3 is 25.2 Å². The molecule has 0 saturated heterocycles. The van der Waals surface area contributed by atoms with Crippen LogP contribution < -0.4 is 0 Å². The number of esters is 1. The Hall–Kier alpha value is -1.96. The number of hydrogen-bond acceptors (Lipinski definition) is 6. The molecule has 2 rings (SSSR count). The first-order chi connectivity index (χ1) is 16.1. The molecule has 0 aromatic carbocycles. The van der Waals surface area contributed by atoms with E-state index in [-0.39, 0.29) is 30.1 Å². The van der Waals surface area contributed by atoms with E-state index in [1.807, 2.05) is 26.0 Å². The van der Waals surface area contributed by atoms with Crippen molar-refractivity contribution in [2.24, 2.45) is 23.2 Å². The Bertz CT molecular complexity index is 767. The van der Waals surface area contributed by atoms with E-state index in [1.165, 1.54) is 0 Å². The zero-order valence-corrected chi connectivity index (χ0v) is 20.7. The van der Waals surface area contributed by atoms with Gasteiger partial charge in [-0.15, -0.1) is 6.58 Å². The maximum atomic E-state index is 13.3. The highest BCUT2D eigenvalue weighted by Gasteiger charge is 2.44. The van der Waals surface area contributed by atoms with Gasteiger partial charge in [0, 0.05) is 12.3 Å². The zero-order valence-electron chi connectivity index (χ0n) is 20.7. The fourth-order valence-electron chi connectivity index (χ4n) is 5.54. The van der Waals surface area contributed by atoms with Crippen LogP contribution in [0.2, 0.25) is 0 Å². The minimum Gasteiger partial charge on any atom is -0.481 e. The fraction of sp³-hybridized carbons (Fsp3) is 0.704. The van der Waals surface area contributed by atoms with Gasteiger partial charge in [-0.2, -0.15) is 0 Å². The van der Waals surface area contributed by atoms with Crippen molar-refractivity contribution in [3.63, 3.8) is 0 Å². The lowest BCUT2D eigenvalue weighted by molar-refractivity contribution is -0.168. The maximum absolute atomic E-state index is 13.3. The van der Waals surface area contributed by atoms with E-state index in [0.717, 1.165) is 5.57 Å². The second kappa shape index (κ2) is 12.7. The zero-order chi connectivity index (χ0) is 25.5. The third kappa shape index (κ3) is 7.03. The minimum absolute atomic E-state index is 0.00477. The van der Waals surface area contributed by atoms with Crippen LogP contribution in [0.5, 0.6) is 0 Å². The van der Waals surface area contributed by atoms with Crippen LogP contribution in [0.3, 0.4) is 0 Å². The van der Waals surface area contributed by atoms with Crippen molar-refractivity contribution in [2.75, 3.05) is 0 Å². The first-order valence-electron chi connectivity index (χ1n) is 12.5. The first-order valence-corrected chi connectivity index (χ1v) is 12.5. The number of fused-ring (bicyclic) bond motifs is 1. The molecule has 0 heterocycles. The number of carboxylic acid groups (broad SMARTS) is 1. The van der Waals surface area contributed by atoms with Gasteiger partial charge in [0.1, 0.15) is 6.10 Å². The highest BCUT2D eigenvalue weighted by atomic mass is 16.5. The molecule has 0 spiro atoms. The number of rotatable bonds is 13. The largest absolute Gasteiger partial charge is 0.481 e. The number of allylic oxidation sites excluding steroid dienone is 3. The molecule has 0 radical (unpaired) electrons. The second-order valence-electron chi connectivity index (χ2n) is 10.0. The Labute approximate surface area is 203 Å². The molecule has 0 aromatic rings. The standard InChI is InChI=1S/C27H42O7/c1-5-12-27(6-2,7-3)26(33)34-23-15-20(29)13-18-9-8-17(4)22(25(18)23)11-10-19(28)14-21(30)16-24(31)32/h5,8-9,13,17,19-23,25,28-30H,1,6-7,10-12,14-16H2,2-4H3,(H,31,32)/t17-,19+,20+,21+,22-,23-,25-/m0/s1. The molecular formula is C27H42O7. The Morgan fingerprint density at radius 2 is 1.94 bits per heavy atom. The van der Waals surface area contributed by atoms with E-state index in [4.69, 9.17) is 9.84 Å². The van der Waals surface area contributed by atoms with Crippen molar-refractivity contribution in [3.8, 4) is 0 Å². The number of aliphatic carboxylic acids is 1. The van der Waals surface area contributed by atoms with Crippen molar-refractivity contribution in [1.82, 2.24) is 0 Å². The van der Waals surface area contributed by atoms with Gasteiger partial charge in [0.25, 0.3) is 0 Å². The molecule has 0 fully saturated rings. The van der Waals surface area contributed by atoms with E-state index < -0.39 is 42.2 Å². The van der Waals surface area contributed by atoms with Gasteiger partial charge in [0.2, 0.25) is 0 Å². The molecule has 2 aliphatic rings. The average molecular weight is 479 g/mol. The number of hydrogen-bond donors (Lipinski definition) is 4. The summed E-state index contributed by atoms with van der Waals surface area (Å²) in [5.41, 5.74) is 0.318. The van der Waals surface area contributed by atoms with Crippen LogP contribution in [0.25, 0.3) is 0 Å². The molecule has 0 saturated carbocycles. The molecule has 2 aliphatic carbocycles. The fourth-order valence-corrected chi connectivity index (χ4v) is 5.54. The topological polar surface area (TPSA) is 124 Å². The molecule has 34 heavy (non-hydrogen) atoms. The van der Waals surface area contributed by atoms with Crippen LogP contribution in [-0.2, 0) is 14.3 Å². The summed E-state index contributed by atoms with van der Waals surface area (Å²) < 4.78 is 6.14. The van der Waals surface area contributed by atoms with Crippen LogP contribution in [0.15, 0.2) is 36.5 Å². The monoisotopic (exact) mass is 478 g/mol. The predicted molar refractivity (Wildman–Crippen MR) is 130 cm³/mol. The van der Waals surface area contributed by atoms with Gasteiger partial charge in [0.15, 0.2) is 0 Å². The highest BCUT2D eigenvalue weighted by molar-refractivity contribution is 5.77. The number of carbonyl (C=O) groups is 2. The Morgan fingerprint density at radius 1 is 1.26 bits per heavy atom. The van der Waals surface area contributed by atoms with E-state index >= 15 is 0 Å². The summed E-state index contributed by atoms with van der Waals surface area (Å²) in [6.07, 6.45) is 7.34. The van der Waals surface area contributed by atoms with Crippen LogP contribution >= 0.6 is 0 Å². The van der Waals surface area contributed by atoms with E-state index in [0.29, 0.717) is 38.5 Å². The normalized spacial score (nSPS) is 28.4. The Morgan fingerprint density at radius 3 is 2.53 bits per heavy atom. The van der Waals surface area contributed by atoms with Crippen molar-refractivity contribution in [1.29, 1.82) is 0 Å². The predicted octanol–water partition coefficient (Wildman–Crippen LogP) is 3.78. The number of carbonyl (C=O) groups excluding carboxylic acids is 1. The van der Waals surface area contributed by atoms with Gasteiger partial charge in [-0.3, -0.25) is 9.59 Å². The van der Waals surface area contributed by atoms with Crippen molar-refractivity contribution < 1.29 is 34.8 Å². The molecule has 4 N–H and O–H groups in total. The quantitative estimate of drug-likeness (QED) is 0.235. The summed E-state index contributed by atoms with van der Waals surface area (Å²) in [6.45, 7) is 9.85. The first kappa shape index (κ1) is 28.3. The third-order valence-corrected chi connectivity index (χ3v) is 7.74. The molecular weight excluding hydrogens is 436 g/mol. The van der Waals surface area contributed by atoms with Crippen molar-refractivity contribution >= 4 is 11.9 Å². The average Bonchev–Trinajstić information content (AvgIpc) is 2.76. The molecule has 7 atom stereocenters. The van der Waals surface area contributed by atoms with Gasteiger partial charge in [-0.1, -0.05) is 45.1 Å². The van der Waals surface area contributed by atoms with Crippen LogP contribution in [0.1, 0.15) is 72.1 Å². The molecule has 7 heteroatoms. The molecule has 0 amide bonds. The van der Waals surface area contributed by atoms with Crippen molar-refractivity contribution in [3.05, 3.63) is 36.5 Å². The van der Waals surface area contributed by atoms with Crippen LogP contribution in [0.4, 0.5) is 0 Å². The molecule has 192 valence electrons. The Balaban J connectivity index is 2.18. The molecule has 7 nitrogen and oxygen atoms in total. The summed E-state index contributed by atoms with van der Waals surface area (Å²) in [7, 11) is 0. The summed E-state index contributed by atoms with van der Waals surface area (Å²) in [5.74, 6) is -1.21. The van der Waals surface area contributed by atoms with Crippen molar-refractivity contribution in [2.45, 2.75) is 96.6 Å². The van der Waals surface area contributed by atoms with Gasteiger partial charge in [0.05, 0.1) is 30.1 Å². The summed E-state index contributed by atoms with van der Waals surface area (Å²) >= 11 is 0. The third-order valence-electron chi connectivity index (χ3n) is 7.74. The maximum Gasteiger partial charge on any atom is 0.312 e. The number of aliphatic hydroxyl groups is 3. The highest BCUT2D eigenvalue weighted by Crippen LogP contribution is 2.45. The van der Waals surface area contributed by atoms with E-state index in [1.54, 1.807) is 6.08 Å². The van der Waals surface area contributed by atoms with E-state index in [9.17, 15) is 24.9 Å². The number of aliphatic hydroxyl groups excluding tert-OH is 3. The summed E-state index contributed by atoms with van der Waals surface area (Å²) in [6, 6.07) is 0. The minimum atomic E-state index is -1.10. The number of carboxylic acids is 1. The van der Waals surface area contributed by atoms with Crippen LogP contribution in [-0.4, -0.2) is 56.8 Å². The smallest absolute Gasteiger partial charge is 0.312 e. The number of ether oxygens (including phenoxy) is 1. The lowest BCUT2D eigenvalue weighted by atomic mass is 9.66. The Kier molecular flexibility index (Phi) is 10.5. The lowest BCUT2D eigenvalue weighted by Crippen LogP contribution is -2.45. The van der Waals surface area contributed by atoms with Gasteiger partial charge in [-0.25, -0.2) is 0 Å².